The van der Waals surface area contributed by atoms with E-state index in [2.05, 4.69) is 40.7 Å². The quantitative estimate of drug-likeness (QED) is 0.439. The van der Waals surface area contributed by atoms with Gasteiger partial charge in [-0.25, -0.2) is 0 Å². The van der Waals surface area contributed by atoms with Gasteiger partial charge in [0.1, 0.15) is 0 Å². The lowest BCUT2D eigenvalue weighted by Gasteiger charge is -2.51. The molecule has 5 unspecified atom stereocenters. The van der Waals surface area contributed by atoms with Crippen molar-refractivity contribution in [2.75, 3.05) is 0 Å². The average Bonchev–Trinajstić information content (AvgIpc) is 2.91. The summed E-state index contributed by atoms with van der Waals surface area (Å²) >= 11 is 0. The molecule has 0 aromatic heterocycles. The monoisotopic (exact) mass is 330 g/mol. The minimum atomic E-state index is 0.663. The number of allylic oxidation sites excluding steroid dienone is 2. The lowest BCUT2D eigenvalue weighted by atomic mass is 9.54. The molecule has 0 nitrogen and oxygen atoms in total. The molecule has 0 bridgehead atoms. The van der Waals surface area contributed by atoms with Gasteiger partial charge in [0.25, 0.3) is 0 Å². The summed E-state index contributed by atoms with van der Waals surface area (Å²) in [4.78, 5) is 0. The molecule has 0 saturated heterocycles. The van der Waals surface area contributed by atoms with Crippen LogP contribution in [0.4, 0.5) is 0 Å². The zero-order valence-electron chi connectivity index (χ0n) is 17.1. The van der Waals surface area contributed by atoms with Crippen LogP contribution in [-0.4, -0.2) is 0 Å². The Morgan fingerprint density at radius 1 is 1.12 bits per heavy atom. The number of hydrogen-bond donors (Lipinski definition) is 0. The van der Waals surface area contributed by atoms with Crippen LogP contribution in [0.15, 0.2) is 11.6 Å². The molecule has 3 aliphatic rings. The Kier molecular flexibility index (Phi) is 5.83. The summed E-state index contributed by atoms with van der Waals surface area (Å²) < 4.78 is 0. The predicted molar refractivity (Wildman–Crippen MR) is 106 cm³/mol. The molecule has 0 spiro atoms. The number of hydrogen-bond acceptors (Lipinski definition) is 0. The Balaban J connectivity index is 1.65. The van der Waals surface area contributed by atoms with Gasteiger partial charge in [0, 0.05) is 0 Å². The summed E-state index contributed by atoms with van der Waals surface area (Å²) in [5.41, 5.74) is 2.42. The van der Waals surface area contributed by atoms with Crippen molar-refractivity contribution in [3.8, 4) is 0 Å². The smallest absolute Gasteiger partial charge is 0.0264 e. The topological polar surface area (TPSA) is 0 Å². The Labute approximate surface area is 151 Å². The first-order valence-corrected chi connectivity index (χ1v) is 11.1. The van der Waals surface area contributed by atoms with Gasteiger partial charge >= 0.3 is 0 Å². The number of fused-ring (bicyclic) bond motifs is 3. The maximum atomic E-state index is 2.70. The largest absolute Gasteiger partial charge is 0.0850 e. The third kappa shape index (κ3) is 3.49. The van der Waals surface area contributed by atoms with E-state index in [1.165, 1.54) is 64.2 Å². The Morgan fingerprint density at radius 3 is 2.62 bits per heavy atom. The zero-order valence-corrected chi connectivity index (χ0v) is 17.1. The third-order valence-electron chi connectivity index (χ3n) is 8.44. The highest BCUT2D eigenvalue weighted by atomic mass is 14.6. The molecule has 138 valence electrons. The average molecular weight is 331 g/mol. The van der Waals surface area contributed by atoms with Crippen LogP contribution in [0, 0.1) is 40.9 Å². The summed E-state index contributed by atoms with van der Waals surface area (Å²) in [5, 5.41) is 0. The molecule has 0 heterocycles. The molecule has 2 fully saturated rings. The molecule has 3 aliphatic carbocycles. The van der Waals surface area contributed by atoms with Gasteiger partial charge in [-0.05, 0) is 85.9 Å². The lowest BCUT2D eigenvalue weighted by molar-refractivity contribution is -0.00641. The van der Waals surface area contributed by atoms with E-state index < -0.39 is 0 Å². The molecule has 0 amide bonds. The molecule has 0 radical (unpaired) electrons. The minimum Gasteiger partial charge on any atom is -0.0850 e. The number of rotatable bonds is 6. The van der Waals surface area contributed by atoms with E-state index in [0.717, 1.165) is 35.5 Å². The fourth-order valence-corrected chi connectivity index (χ4v) is 7.01. The van der Waals surface area contributed by atoms with Crippen molar-refractivity contribution < 1.29 is 0 Å². The van der Waals surface area contributed by atoms with Gasteiger partial charge in [-0.1, -0.05) is 65.5 Å². The van der Waals surface area contributed by atoms with E-state index in [9.17, 15) is 0 Å². The fraction of sp³-hybridized carbons (Fsp3) is 0.917. The van der Waals surface area contributed by atoms with E-state index in [1.54, 1.807) is 5.57 Å². The van der Waals surface area contributed by atoms with Gasteiger partial charge in [0.2, 0.25) is 0 Å². The summed E-state index contributed by atoms with van der Waals surface area (Å²) in [7, 11) is 0. The van der Waals surface area contributed by atoms with E-state index in [1.807, 2.05) is 0 Å². The summed E-state index contributed by atoms with van der Waals surface area (Å²) in [6.45, 7) is 12.4. The van der Waals surface area contributed by atoms with Gasteiger partial charge in [-0.2, -0.15) is 0 Å². The second-order valence-electron chi connectivity index (χ2n) is 10.2. The third-order valence-corrected chi connectivity index (χ3v) is 8.44. The van der Waals surface area contributed by atoms with E-state index in [4.69, 9.17) is 0 Å². The molecule has 0 heteroatoms. The van der Waals surface area contributed by atoms with Crippen LogP contribution in [-0.2, 0) is 0 Å². The van der Waals surface area contributed by atoms with Crippen molar-refractivity contribution in [1.29, 1.82) is 0 Å². The molecule has 3 rings (SSSR count). The van der Waals surface area contributed by atoms with Crippen LogP contribution in [0.25, 0.3) is 0 Å². The van der Waals surface area contributed by atoms with Gasteiger partial charge in [0.15, 0.2) is 0 Å². The highest BCUT2D eigenvalue weighted by molar-refractivity contribution is 5.13. The van der Waals surface area contributed by atoms with Crippen LogP contribution in [0.2, 0.25) is 0 Å². The Morgan fingerprint density at radius 2 is 1.92 bits per heavy atom. The van der Waals surface area contributed by atoms with Gasteiger partial charge in [-0.15, -0.1) is 0 Å². The first-order valence-electron chi connectivity index (χ1n) is 11.1. The van der Waals surface area contributed by atoms with Crippen molar-refractivity contribution >= 4 is 0 Å². The van der Waals surface area contributed by atoms with Crippen LogP contribution in [0.1, 0.15) is 98.8 Å². The van der Waals surface area contributed by atoms with Gasteiger partial charge in [0.05, 0.1) is 0 Å². The molecular formula is C24H42. The van der Waals surface area contributed by atoms with E-state index in [-0.39, 0.29) is 0 Å². The maximum absolute atomic E-state index is 2.70. The highest BCUT2D eigenvalue weighted by Gasteiger charge is 2.54. The van der Waals surface area contributed by atoms with Crippen molar-refractivity contribution in [2.24, 2.45) is 40.9 Å². The molecule has 24 heavy (non-hydrogen) atoms. The fourth-order valence-electron chi connectivity index (χ4n) is 7.01. The maximum Gasteiger partial charge on any atom is -0.0264 e. The Hall–Kier alpha value is -0.260. The predicted octanol–water partition coefficient (Wildman–Crippen LogP) is 7.64. The van der Waals surface area contributed by atoms with Gasteiger partial charge in [-0.3, -0.25) is 0 Å². The summed E-state index contributed by atoms with van der Waals surface area (Å²) in [6.07, 6.45) is 17.2. The van der Waals surface area contributed by atoms with E-state index in [0.29, 0.717) is 5.41 Å². The van der Waals surface area contributed by atoms with Crippen LogP contribution < -0.4 is 0 Å². The second-order valence-corrected chi connectivity index (χ2v) is 10.2. The van der Waals surface area contributed by atoms with Crippen LogP contribution in [0.3, 0.4) is 0 Å². The van der Waals surface area contributed by atoms with Crippen molar-refractivity contribution in [2.45, 2.75) is 98.8 Å². The van der Waals surface area contributed by atoms with Crippen molar-refractivity contribution in [3.05, 3.63) is 11.6 Å². The lowest BCUT2D eigenvalue weighted by Crippen LogP contribution is -2.43. The normalized spacial score (nSPS) is 40.2. The summed E-state index contributed by atoms with van der Waals surface area (Å²) in [6, 6.07) is 0. The molecule has 0 N–H and O–H groups in total. The first-order chi connectivity index (χ1) is 11.5. The molecule has 2 saturated carbocycles. The molecular weight excluding hydrogens is 288 g/mol. The molecule has 0 aliphatic heterocycles. The Bertz CT molecular complexity index is 445. The minimum absolute atomic E-state index is 0.663. The van der Waals surface area contributed by atoms with E-state index >= 15 is 0 Å². The second kappa shape index (κ2) is 7.55. The molecule has 6 atom stereocenters. The van der Waals surface area contributed by atoms with Gasteiger partial charge < -0.3 is 0 Å². The first kappa shape index (κ1) is 18.5. The molecule has 0 aromatic rings. The molecule has 0 aromatic carbocycles. The van der Waals surface area contributed by atoms with Crippen LogP contribution >= 0.6 is 0 Å². The highest BCUT2D eigenvalue weighted by Crippen LogP contribution is 2.63. The summed E-state index contributed by atoms with van der Waals surface area (Å²) in [5.74, 6) is 5.91. The van der Waals surface area contributed by atoms with Crippen molar-refractivity contribution in [3.63, 3.8) is 0 Å². The zero-order chi connectivity index (χ0) is 17.3. The van der Waals surface area contributed by atoms with Crippen molar-refractivity contribution in [1.82, 2.24) is 0 Å². The van der Waals surface area contributed by atoms with Crippen LogP contribution in [0.5, 0.6) is 0 Å². The SMILES string of the molecule is CCC1=CCC2C(CC[C@]3(C)C(C(C)CCCC(C)C)CCC23)C1. The standard InChI is InChI=1S/C24H42/c1-6-19-10-11-21-20(16-19)14-15-24(5)22(12-13-23(21)24)18(4)9-7-8-17(2)3/h10,17-18,20-23H,6-9,11-16H2,1-5H3/t18?,20?,21?,22?,23?,24-/m1/s1.